The molecule has 28 heavy (non-hydrogen) atoms. The zero-order chi connectivity index (χ0) is 20.8. The largest absolute Gasteiger partial charge is 0.288 e. The van der Waals surface area contributed by atoms with E-state index >= 15 is 0 Å². The molecule has 8 nitrogen and oxygen atoms in total. The molecule has 1 aromatic heterocycles. The minimum atomic E-state index is -3.72. The van der Waals surface area contributed by atoms with E-state index in [1.54, 1.807) is 24.3 Å². The molecule has 0 saturated heterocycles. The van der Waals surface area contributed by atoms with Crippen LogP contribution >= 0.6 is 0 Å². The molecule has 0 aliphatic rings. The van der Waals surface area contributed by atoms with Gasteiger partial charge in [0.15, 0.2) is 0 Å². The Hall–Kier alpha value is -2.78. The van der Waals surface area contributed by atoms with E-state index in [1.165, 1.54) is 24.4 Å². The fraction of sp³-hybridized carbons (Fsp3) is 0.316. The molecule has 1 aromatic carbocycles. The molecule has 9 heteroatoms. The first-order chi connectivity index (χ1) is 13.1. The summed E-state index contributed by atoms with van der Waals surface area (Å²) in [5, 5.41) is 0. The number of rotatable bonds is 6. The van der Waals surface area contributed by atoms with Crippen LogP contribution in [-0.2, 0) is 20.2 Å². The molecule has 0 spiro atoms. The number of sulfonamides is 1. The number of benzene rings is 1. The molecule has 0 unspecified atom stereocenters. The Bertz CT molecular complexity index is 921. The van der Waals surface area contributed by atoms with Gasteiger partial charge in [-0.05, 0) is 35.2 Å². The van der Waals surface area contributed by atoms with Crippen molar-refractivity contribution in [3.05, 3.63) is 59.9 Å². The third-order valence-electron chi connectivity index (χ3n) is 3.89. The van der Waals surface area contributed by atoms with Crippen molar-refractivity contribution in [3.63, 3.8) is 0 Å². The number of aromatic nitrogens is 1. The molecule has 0 fully saturated rings. The fourth-order valence-corrected chi connectivity index (χ4v) is 3.30. The molecule has 0 aliphatic carbocycles. The smallest absolute Gasteiger partial charge is 0.273 e. The van der Waals surface area contributed by atoms with Crippen LogP contribution in [0.5, 0.6) is 0 Å². The molecule has 2 rings (SSSR count). The maximum Gasteiger partial charge on any atom is 0.288 e. The van der Waals surface area contributed by atoms with Gasteiger partial charge < -0.3 is 0 Å². The van der Waals surface area contributed by atoms with Crippen LogP contribution in [0.4, 0.5) is 0 Å². The number of hydrazine groups is 1. The lowest BCUT2D eigenvalue weighted by atomic mass is 9.87. The van der Waals surface area contributed by atoms with Crippen LogP contribution in [0.1, 0.15) is 43.2 Å². The van der Waals surface area contributed by atoms with Gasteiger partial charge in [-0.25, -0.2) is 13.1 Å². The second-order valence-corrected chi connectivity index (χ2v) is 8.91. The number of amides is 2. The minimum Gasteiger partial charge on any atom is -0.273 e. The molecule has 0 aliphatic heterocycles. The molecule has 2 aromatic rings. The Morgan fingerprint density at radius 3 is 2.25 bits per heavy atom. The molecular formula is C19H24N4O4S. The van der Waals surface area contributed by atoms with Crippen LogP contribution in [-0.4, -0.2) is 31.8 Å². The highest BCUT2D eigenvalue weighted by atomic mass is 32.2. The summed E-state index contributed by atoms with van der Waals surface area (Å²) in [4.78, 5) is 27.5. The summed E-state index contributed by atoms with van der Waals surface area (Å²) < 4.78 is 27.0. The van der Waals surface area contributed by atoms with Crippen LogP contribution in [0, 0.1) is 0 Å². The zero-order valence-electron chi connectivity index (χ0n) is 16.0. The summed E-state index contributed by atoms with van der Waals surface area (Å²) in [7, 11) is -3.72. The van der Waals surface area contributed by atoms with E-state index in [-0.39, 0.29) is 29.0 Å². The van der Waals surface area contributed by atoms with E-state index in [9.17, 15) is 18.0 Å². The van der Waals surface area contributed by atoms with Crippen molar-refractivity contribution in [2.45, 2.75) is 37.5 Å². The summed E-state index contributed by atoms with van der Waals surface area (Å²) in [6.45, 7) is 6.02. The maximum absolute atomic E-state index is 12.3. The topological polar surface area (TPSA) is 117 Å². The Labute approximate surface area is 164 Å². The minimum absolute atomic E-state index is 0.0759. The van der Waals surface area contributed by atoms with Gasteiger partial charge in [-0.3, -0.25) is 25.4 Å². The summed E-state index contributed by atoms with van der Waals surface area (Å²) in [6, 6.07) is 11.4. The monoisotopic (exact) mass is 404 g/mol. The van der Waals surface area contributed by atoms with Crippen molar-refractivity contribution in [1.82, 2.24) is 20.6 Å². The Morgan fingerprint density at radius 2 is 1.68 bits per heavy atom. The predicted octanol–water partition coefficient (Wildman–Crippen LogP) is 1.51. The molecule has 1 heterocycles. The van der Waals surface area contributed by atoms with Gasteiger partial charge in [-0.15, -0.1) is 0 Å². The second kappa shape index (κ2) is 8.94. The van der Waals surface area contributed by atoms with Crippen molar-refractivity contribution >= 4 is 21.8 Å². The summed E-state index contributed by atoms with van der Waals surface area (Å²) in [6.07, 6.45) is 1.32. The Morgan fingerprint density at radius 1 is 1.00 bits per heavy atom. The fourth-order valence-electron chi connectivity index (χ4n) is 2.27. The molecule has 0 radical (unpaired) electrons. The van der Waals surface area contributed by atoms with Crippen LogP contribution in [0.3, 0.4) is 0 Å². The molecule has 3 N–H and O–H groups in total. The predicted molar refractivity (Wildman–Crippen MR) is 105 cm³/mol. The van der Waals surface area contributed by atoms with Crippen molar-refractivity contribution in [2.24, 2.45) is 0 Å². The van der Waals surface area contributed by atoms with E-state index < -0.39 is 21.8 Å². The SMILES string of the molecule is CC(C)(C)c1ccc(S(=O)(=O)NCCC(=O)NNC(=O)c2ccccn2)cc1. The maximum atomic E-state index is 12.3. The number of carbonyl (C=O) groups excluding carboxylic acids is 2. The van der Waals surface area contributed by atoms with Gasteiger partial charge in [-0.1, -0.05) is 39.0 Å². The Balaban J connectivity index is 1.81. The Kier molecular flexibility index (Phi) is 6.87. The van der Waals surface area contributed by atoms with Crippen LogP contribution in [0.25, 0.3) is 0 Å². The first kappa shape index (κ1) is 21.5. The van der Waals surface area contributed by atoms with Crippen molar-refractivity contribution < 1.29 is 18.0 Å². The molecule has 150 valence electrons. The quantitative estimate of drug-likeness (QED) is 0.631. The van der Waals surface area contributed by atoms with Crippen molar-refractivity contribution in [3.8, 4) is 0 Å². The molecule has 2 amide bonds. The molecule has 0 saturated carbocycles. The third kappa shape index (κ3) is 6.14. The highest BCUT2D eigenvalue weighted by Gasteiger charge is 2.17. The van der Waals surface area contributed by atoms with Gasteiger partial charge in [0, 0.05) is 19.2 Å². The van der Waals surface area contributed by atoms with Gasteiger partial charge in [-0.2, -0.15) is 0 Å². The lowest BCUT2D eigenvalue weighted by Crippen LogP contribution is -2.43. The average molecular weight is 404 g/mol. The van der Waals surface area contributed by atoms with Crippen LogP contribution in [0.2, 0.25) is 0 Å². The van der Waals surface area contributed by atoms with Gasteiger partial charge in [0.25, 0.3) is 5.91 Å². The number of hydrogen-bond donors (Lipinski definition) is 3. The number of nitrogens with one attached hydrogen (secondary N) is 3. The highest BCUT2D eigenvalue weighted by Crippen LogP contribution is 2.23. The van der Waals surface area contributed by atoms with Gasteiger partial charge in [0.1, 0.15) is 5.69 Å². The number of hydrogen-bond acceptors (Lipinski definition) is 5. The van der Waals surface area contributed by atoms with E-state index in [0.717, 1.165) is 5.56 Å². The van der Waals surface area contributed by atoms with Crippen LogP contribution < -0.4 is 15.6 Å². The number of nitrogens with zero attached hydrogens (tertiary/aromatic N) is 1. The first-order valence-corrected chi connectivity index (χ1v) is 10.2. The van der Waals surface area contributed by atoms with Gasteiger partial charge in [0.05, 0.1) is 4.90 Å². The summed E-state index contributed by atoms with van der Waals surface area (Å²) in [5.74, 6) is -1.09. The van der Waals surface area contributed by atoms with Crippen molar-refractivity contribution in [2.75, 3.05) is 6.54 Å². The first-order valence-electron chi connectivity index (χ1n) is 8.70. The third-order valence-corrected chi connectivity index (χ3v) is 5.36. The summed E-state index contributed by atoms with van der Waals surface area (Å²) >= 11 is 0. The van der Waals surface area contributed by atoms with Gasteiger partial charge >= 0.3 is 0 Å². The lowest BCUT2D eigenvalue weighted by Gasteiger charge is -2.19. The molecule has 0 atom stereocenters. The normalized spacial score (nSPS) is 11.7. The summed E-state index contributed by atoms with van der Waals surface area (Å²) in [5.41, 5.74) is 5.54. The molecule has 0 bridgehead atoms. The van der Waals surface area contributed by atoms with E-state index in [2.05, 4.69) is 20.6 Å². The second-order valence-electron chi connectivity index (χ2n) is 7.14. The van der Waals surface area contributed by atoms with Crippen LogP contribution in [0.15, 0.2) is 53.6 Å². The van der Waals surface area contributed by atoms with E-state index in [1.807, 2.05) is 20.8 Å². The standard InChI is InChI=1S/C19H24N4O4S/c1-19(2,3)14-7-9-15(10-8-14)28(26,27)21-13-11-17(24)22-23-18(25)16-6-4-5-12-20-16/h4-10,12,21H,11,13H2,1-3H3,(H,22,24)(H,23,25). The van der Waals surface area contributed by atoms with Gasteiger partial charge in [0.2, 0.25) is 15.9 Å². The zero-order valence-corrected chi connectivity index (χ0v) is 16.8. The highest BCUT2D eigenvalue weighted by molar-refractivity contribution is 7.89. The average Bonchev–Trinajstić information content (AvgIpc) is 2.66. The molecular weight excluding hydrogens is 380 g/mol. The van der Waals surface area contributed by atoms with E-state index in [0.29, 0.717) is 0 Å². The number of carbonyl (C=O) groups is 2. The van der Waals surface area contributed by atoms with Crippen molar-refractivity contribution in [1.29, 1.82) is 0 Å². The van der Waals surface area contributed by atoms with E-state index in [4.69, 9.17) is 0 Å². The number of pyridine rings is 1. The lowest BCUT2D eigenvalue weighted by molar-refractivity contribution is -0.121.